The van der Waals surface area contributed by atoms with Crippen molar-refractivity contribution in [1.29, 1.82) is 0 Å². The molecular weight excluding hydrogens is 1550 g/mol. The average Bonchev–Trinajstić information content (AvgIpc) is 1.53. The van der Waals surface area contributed by atoms with E-state index in [9.17, 15) is 0 Å². The molecule has 7 aromatic heterocycles. The molecule has 0 saturated heterocycles. The van der Waals surface area contributed by atoms with E-state index in [1.165, 1.54) is 137 Å². The first-order valence-electron chi connectivity index (χ1n) is 41.4. The van der Waals surface area contributed by atoms with E-state index in [-0.39, 0.29) is 0 Å². The van der Waals surface area contributed by atoms with E-state index in [1.54, 1.807) is 0 Å². The zero-order chi connectivity index (χ0) is 80.7. The fourth-order valence-electron chi connectivity index (χ4n) is 18.8. The number of fused-ring (bicyclic) bond motifs is 25. The van der Waals surface area contributed by atoms with Crippen LogP contribution in [0.15, 0.2) is 400 Å². The first-order valence-corrected chi connectivity index (χ1v) is 43.8. The Morgan fingerprint density at radius 1 is 0.179 bits per heavy atom. The molecule has 0 saturated carbocycles. The number of hydrogen-bond acceptors (Lipinski definition) is 9. The number of benzene rings is 19. The van der Waals surface area contributed by atoms with Crippen LogP contribution in [0.1, 0.15) is 0 Å². The monoisotopic (exact) mass is 1620 g/mol. The van der Waals surface area contributed by atoms with Crippen LogP contribution in [-0.4, -0.2) is 39.0 Å². The molecule has 26 rings (SSSR count). The summed E-state index contributed by atoms with van der Waals surface area (Å²) in [7, 11) is 0. The summed E-state index contributed by atoms with van der Waals surface area (Å²) in [5.41, 5.74) is 17.4. The Balaban J connectivity index is 0.000000136. The summed E-state index contributed by atoms with van der Waals surface area (Å²) < 4.78 is 12.7. The van der Waals surface area contributed by atoms with Gasteiger partial charge in [0.2, 0.25) is 0 Å². The van der Waals surface area contributed by atoms with Gasteiger partial charge in [-0.15, -0.1) is 34.0 Å². The van der Waals surface area contributed by atoms with Gasteiger partial charge in [0.15, 0.2) is 34.9 Å². The highest BCUT2D eigenvalue weighted by Gasteiger charge is 2.26. The van der Waals surface area contributed by atoms with Crippen LogP contribution in [0, 0.1) is 0 Å². The van der Waals surface area contributed by atoms with Gasteiger partial charge in [0, 0.05) is 117 Å². The maximum atomic E-state index is 5.22. The van der Waals surface area contributed by atoms with E-state index >= 15 is 0 Å². The van der Waals surface area contributed by atoms with Crippen molar-refractivity contribution in [2.75, 3.05) is 0 Å². The minimum absolute atomic E-state index is 0.636. The largest absolute Gasteiger partial charge is 0.308 e. The van der Waals surface area contributed by atoms with Crippen LogP contribution >= 0.6 is 34.0 Å². The van der Waals surface area contributed by atoms with E-state index in [4.69, 9.17) is 29.9 Å². The van der Waals surface area contributed by atoms with Crippen molar-refractivity contribution in [1.82, 2.24) is 39.0 Å². The van der Waals surface area contributed by atoms with Gasteiger partial charge in [0.05, 0.1) is 31.5 Å². The summed E-state index contributed by atoms with van der Waals surface area (Å²) in [4.78, 5) is 30.8. The minimum Gasteiger partial charge on any atom is -0.308 e. The summed E-state index contributed by atoms with van der Waals surface area (Å²) in [6.07, 6.45) is 0. The standard InChI is InChI=1S/C59H34N4S2.C53H32N4S/c1-2-13-35(14-3-1)36-25-27-38(28-26-36)57-60-58(62-59(61-57)45-22-12-16-37-15-4-5-17-41(37)45)39-29-31-42-48-34-40(30-32-51(48)64-52(42)33-39)63-49-23-10-8-20-46(49)53-43-18-6-7-19-44(43)54-47-21-9-11-24-50(47)65-56(54)55(53)63;1-2-15-34(16-3-1)51-54-52(56-53(55-51)39-29-28-33-14-4-5-17-35(33)30-39)38-20-12-18-36(31-38)37-19-13-21-40(32-37)57-45-26-10-8-24-43(45)47-41-22-6-7-23-42(41)48-44-25-9-11-27-46(44)58-50(48)49(47)57/h1-34H;1-32H. The summed E-state index contributed by atoms with van der Waals surface area (Å²) >= 11 is 5.61. The molecule has 0 spiro atoms. The lowest BCUT2D eigenvalue weighted by molar-refractivity contribution is 1.07. The van der Waals surface area contributed by atoms with E-state index < -0.39 is 0 Å². The number of para-hydroxylation sites is 2. The van der Waals surface area contributed by atoms with Crippen LogP contribution in [0.3, 0.4) is 0 Å². The van der Waals surface area contributed by atoms with Gasteiger partial charge in [-0.05, 0) is 138 Å². The molecule has 0 fully saturated rings. The van der Waals surface area contributed by atoms with Crippen molar-refractivity contribution in [3.05, 3.63) is 400 Å². The molecule has 8 nitrogen and oxygen atoms in total. The first-order chi connectivity index (χ1) is 61.0. The Hall–Kier alpha value is -15.5. The maximum Gasteiger partial charge on any atom is 0.164 e. The molecule has 0 bridgehead atoms. The Kier molecular flexibility index (Phi) is 16.4. The number of rotatable bonds is 10. The fourth-order valence-corrected chi connectivity index (χ4v) is 22.4. The van der Waals surface area contributed by atoms with Crippen LogP contribution in [-0.2, 0) is 0 Å². The smallest absolute Gasteiger partial charge is 0.164 e. The lowest BCUT2D eigenvalue weighted by Crippen LogP contribution is -2.00. The summed E-state index contributed by atoms with van der Waals surface area (Å²) in [6.45, 7) is 0. The van der Waals surface area contributed by atoms with E-state index in [1.807, 2.05) is 58.3 Å². The quantitative estimate of drug-likeness (QED) is 0.136. The predicted molar refractivity (Wildman–Crippen MR) is 521 cm³/mol. The highest BCUT2D eigenvalue weighted by molar-refractivity contribution is 7.27. The second kappa shape index (κ2) is 28.6. The third-order valence-corrected chi connectivity index (χ3v) is 27.9. The van der Waals surface area contributed by atoms with Gasteiger partial charge < -0.3 is 9.13 Å². The number of thiophene rings is 3. The third-order valence-electron chi connectivity index (χ3n) is 24.4. The molecule has 572 valence electrons. The topological polar surface area (TPSA) is 87.2 Å². The first kappa shape index (κ1) is 70.5. The maximum absolute atomic E-state index is 5.22. The average molecular weight is 1620 g/mol. The Morgan fingerprint density at radius 2 is 0.569 bits per heavy atom. The molecule has 0 N–H and O–H groups in total. The van der Waals surface area contributed by atoms with Crippen molar-refractivity contribution >= 4 is 181 Å². The molecule has 123 heavy (non-hydrogen) atoms. The van der Waals surface area contributed by atoms with Gasteiger partial charge in [0.1, 0.15) is 0 Å². The lowest BCUT2D eigenvalue weighted by atomic mass is 9.99. The molecule has 0 unspecified atom stereocenters. The molecule has 0 amide bonds. The second-order valence-corrected chi connectivity index (χ2v) is 34.7. The van der Waals surface area contributed by atoms with Gasteiger partial charge in [0.25, 0.3) is 0 Å². The van der Waals surface area contributed by atoms with Gasteiger partial charge in [-0.3, -0.25) is 0 Å². The molecule has 19 aromatic carbocycles. The van der Waals surface area contributed by atoms with E-state index in [2.05, 4.69) is 385 Å². The zero-order valence-corrected chi connectivity index (χ0v) is 68.4. The highest BCUT2D eigenvalue weighted by atomic mass is 32.1. The van der Waals surface area contributed by atoms with Gasteiger partial charge in [-0.2, -0.15) is 0 Å². The predicted octanol–water partition coefficient (Wildman–Crippen LogP) is 31.0. The summed E-state index contributed by atoms with van der Waals surface area (Å²) in [5, 5.41) is 22.6. The third kappa shape index (κ3) is 11.7. The van der Waals surface area contributed by atoms with Crippen molar-refractivity contribution in [3.8, 4) is 102 Å². The van der Waals surface area contributed by atoms with Gasteiger partial charge in [-0.1, -0.05) is 328 Å². The van der Waals surface area contributed by atoms with Crippen LogP contribution in [0.2, 0.25) is 0 Å². The van der Waals surface area contributed by atoms with Crippen LogP contribution in [0.5, 0.6) is 0 Å². The van der Waals surface area contributed by atoms with E-state index in [0.29, 0.717) is 34.9 Å². The van der Waals surface area contributed by atoms with Crippen LogP contribution < -0.4 is 0 Å². The second-order valence-electron chi connectivity index (χ2n) is 31.5. The Labute approximate surface area is 717 Å². The SMILES string of the molecule is c1ccc(-c2ccc(-c3nc(-c4ccc5c(c4)sc4ccc(-n6c7ccccc7c7c8ccccc8c8c9ccccc9sc8c76)cc45)nc(-c4cccc5ccccc45)n3)cc2)cc1.c1ccc(-c2nc(-c3cccc(-c4cccc(-n5c6ccccc6c6c7ccccc7c7c8ccccc8sc7c65)c4)c3)nc(-c3ccc4ccccc4c3)n2)cc1. The zero-order valence-electron chi connectivity index (χ0n) is 65.9. The normalized spacial score (nSPS) is 11.9. The number of aromatic nitrogens is 8. The van der Waals surface area contributed by atoms with Crippen molar-refractivity contribution in [3.63, 3.8) is 0 Å². The van der Waals surface area contributed by atoms with Gasteiger partial charge >= 0.3 is 0 Å². The van der Waals surface area contributed by atoms with Crippen LogP contribution in [0.25, 0.3) is 249 Å². The Morgan fingerprint density at radius 3 is 1.19 bits per heavy atom. The van der Waals surface area contributed by atoms with Crippen molar-refractivity contribution in [2.45, 2.75) is 0 Å². The molecule has 0 aliphatic carbocycles. The highest BCUT2D eigenvalue weighted by Crippen LogP contribution is 2.52. The lowest BCUT2D eigenvalue weighted by Gasteiger charge is -2.13. The summed E-state index contributed by atoms with van der Waals surface area (Å²) in [5.74, 6) is 3.87. The van der Waals surface area contributed by atoms with Crippen molar-refractivity contribution < 1.29 is 0 Å². The fraction of sp³-hybridized carbons (Fsp3) is 0. The molecule has 11 heteroatoms. The molecule has 26 aromatic rings. The molecule has 0 aliphatic heterocycles. The van der Waals surface area contributed by atoms with Gasteiger partial charge in [-0.25, -0.2) is 29.9 Å². The summed E-state index contributed by atoms with van der Waals surface area (Å²) in [6, 6.07) is 143. The number of hydrogen-bond donors (Lipinski definition) is 0. The molecular formula is C112H66N8S3. The molecule has 7 heterocycles. The van der Waals surface area contributed by atoms with Crippen LogP contribution in [0.4, 0.5) is 0 Å². The number of nitrogens with zero attached hydrogens (tertiary/aromatic N) is 8. The molecule has 0 atom stereocenters. The molecule has 0 radical (unpaired) electrons. The molecule has 0 aliphatic rings. The Bertz CT molecular complexity index is 8840. The van der Waals surface area contributed by atoms with Crippen molar-refractivity contribution in [2.24, 2.45) is 0 Å². The minimum atomic E-state index is 0.636. The van der Waals surface area contributed by atoms with E-state index in [0.717, 1.165) is 77.6 Å².